The van der Waals surface area contributed by atoms with E-state index in [0.29, 0.717) is 6.04 Å². The summed E-state index contributed by atoms with van der Waals surface area (Å²) in [5.74, 6) is -0.0187. The van der Waals surface area contributed by atoms with Gasteiger partial charge in [0.15, 0.2) is 0 Å². The molecule has 0 atom stereocenters. The van der Waals surface area contributed by atoms with Crippen molar-refractivity contribution < 1.29 is 4.79 Å². The summed E-state index contributed by atoms with van der Waals surface area (Å²) in [6.45, 7) is 11.5. The number of nitriles is 1. The van der Waals surface area contributed by atoms with Gasteiger partial charge in [-0.05, 0) is 40.2 Å². The van der Waals surface area contributed by atoms with E-state index in [9.17, 15) is 4.79 Å². The summed E-state index contributed by atoms with van der Waals surface area (Å²) in [5.41, 5.74) is 0.179. The maximum atomic E-state index is 11.6. The Hall–Kier alpha value is -1.08. The molecule has 102 valence electrons. The molecule has 1 amide bonds. The number of piperidine rings is 1. The third kappa shape index (κ3) is 3.71. The van der Waals surface area contributed by atoms with Crippen molar-refractivity contribution in [1.29, 1.82) is 5.26 Å². The lowest BCUT2D eigenvalue weighted by molar-refractivity contribution is -0.131. The van der Waals surface area contributed by atoms with Crippen molar-refractivity contribution >= 4 is 5.91 Å². The summed E-state index contributed by atoms with van der Waals surface area (Å²) in [5, 5.41) is 8.55. The molecule has 0 aromatic heterocycles. The molecule has 18 heavy (non-hydrogen) atoms. The molecular formula is C14H25N3O. The third-order valence-corrected chi connectivity index (χ3v) is 3.69. The van der Waals surface area contributed by atoms with Gasteiger partial charge < -0.3 is 4.90 Å². The Kier molecular flexibility index (Phi) is 5.15. The molecule has 1 aliphatic heterocycles. The van der Waals surface area contributed by atoms with Crippen molar-refractivity contribution in [2.75, 3.05) is 19.6 Å². The Morgan fingerprint density at radius 1 is 1.39 bits per heavy atom. The molecule has 4 heteroatoms. The van der Waals surface area contributed by atoms with Crippen LogP contribution in [0.4, 0.5) is 0 Å². The molecule has 0 aromatic carbocycles. The molecule has 1 fully saturated rings. The zero-order chi connectivity index (χ0) is 13.8. The quantitative estimate of drug-likeness (QED) is 0.771. The fourth-order valence-corrected chi connectivity index (χ4v) is 2.89. The van der Waals surface area contributed by atoms with Gasteiger partial charge in [-0.3, -0.25) is 9.69 Å². The van der Waals surface area contributed by atoms with Crippen LogP contribution in [0.5, 0.6) is 0 Å². The number of carbonyl (C=O) groups excluding carboxylic acids is 1. The van der Waals surface area contributed by atoms with Crippen molar-refractivity contribution in [2.24, 2.45) is 0 Å². The summed E-state index contributed by atoms with van der Waals surface area (Å²) in [7, 11) is 0. The standard InChI is InChI=1S/C14H25N3O/c1-5-17(14(2,3)4)12-7-10-16(11-8-12)13(18)6-9-15/h12H,5-8,10-11H2,1-4H3. The first-order chi connectivity index (χ1) is 8.40. The van der Waals surface area contributed by atoms with Gasteiger partial charge in [-0.15, -0.1) is 0 Å². The first-order valence-electron chi connectivity index (χ1n) is 6.81. The lowest BCUT2D eigenvalue weighted by atomic mass is 9.96. The monoisotopic (exact) mass is 251 g/mol. The number of amides is 1. The molecule has 1 rings (SSSR count). The zero-order valence-corrected chi connectivity index (χ0v) is 12.1. The van der Waals surface area contributed by atoms with Crippen LogP contribution in [0.1, 0.15) is 47.0 Å². The SMILES string of the molecule is CCN(C1CCN(C(=O)CC#N)CC1)C(C)(C)C. The summed E-state index contributed by atoms with van der Waals surface area (Å²) in [6.07, 6.45) is 2.05. The number of likely N-dealkylation sites (tertiary alicyclic amines) is 1. The molecule has 1 aliphatic rings. The summed E-state index contributed by atoms with van der Waals surface area (Å²) >= 11 is 0. The van der Waals surface area contributed by atoms with Gasteiger partial charge in [0.1, 0.15) is 6.42 Å². The number of carbonyl (C=O) groups is 1. The van der Waals surface area contributed by atoms with Crippen molar-refractivity contribution in [3.05, 3.63) is 0 Å². The Morgan fingerprint density at radius 3 is 2.33 bits per heavy atom. The summed E-state index contributed by atoms with van der Waals surface area (Å²) in [4.78, 5) is 16.0. The van der Waals surface area contributed by atoms with Crippen LogP contribution in [-0.4, -0.2) is 46.9 Å². The average Bonchev–Trinajstić information content (AvgIpc) is 2.29. The van der Waals surface area contributed by atoms with Crippen LogP contribution in [0.15, 0.2) is 0 Å². The van der Waals surface area contributed by atoms with Gasteiger partial charge in [0.2, 0.25) is 5.91 Å². The minimum atomic E-state index is -0.0187. The van der Waals surface area contributed by atoms with E-state index in [1.54, 1.807) is 0 Å². The van der Waals surface area contributed by atoms with Crippen LogP contribution in [0, 0.1) is 11.3 Å². The lowest BCUT2D eigenvalue weighted by Crippen LogP contribution is -2.53. The van der Waals surface area contributed by atoms with Crippen LogP contribution >= 0.6 is 0 Å². The molecule has 1 heterocycles. The lowest BCUT2D eigenvalue weighted by Gasteiger charge is -2.44. The fraction of sp³-hybridized carbons (Fsp3) is 0.857. The number of hydrogen-bond donors (Lipinski definition) is 0. The minimum absolute atomic E-state index is 0.0153. The maximum absolute atomic E-state index is 11.6. The van der Waals surface area contributed by atoms with Gasteiger partial charge in [0, 0.05) is 24.7 Å². The normalized spacial score (nSPS) is 17.9. The van der Waals surface area contributed by atoms with E-state index in [2.05, 4.69) is 32.6 Å². The van der Waals surface area contributed by atoms with Crippen LogP contribution in [0.3, 0.4) is 0 Å². The van der Waals surface area contributed by atoms with E-state index in [1.165, 1.54) is 0 Å². The summed E-state index contributed by atoms with van der Waals surface area (Å²) in [6, 6.07) is 2.49. The molecule has 0 spiro atoms. The topological polar surface area (TPSA) is 47.3 Å². The fourth-order valence-electron chi connectivity index (χ4n) is 2.89. The van der Waals surface area contributed by atoms with Gasteiger partial charge in [-0.1, -0.05) is 6.92 Å². The van der Waals surface area contributed by atoms with Crippen molar-refractivity contribution in [1.82, 2.24) is 9.80 Å². The van der Waals surface area contributed by atoms with E-state index in [0.717, 1.165) is 32.5 Å². The Balaban J connectivity index is 2.53. The smallest absolute Gasteiger partial charge is 0.236 e. The van der Waals surface area contributed by atoms with Gasteiger partial charge in [-0.25, -0.2) is 0 Å². The summed E-state index contributed by atoms with van der Waals surface area (Å²) < 4.78 is 0. The molecule has 1 saturated heterocycles. The van der Waals surface area contributed by atoms with E-state index < -0.39 is 0 Å². The molecule has 0 bridgehead atoms. The minimum Gasteiger partial charge on any atom is -0.342 e. The van der Waals surface area contributed by atoms with Crippen molar-refractivity contribution in [2.45, 2.75) is 58.5 Å². The molecule has 0 aromatic rings. The van der Waals surface area contributed by atoms with Crippen molar-refractivity contribution in [3.63, 3.8) is 0 Å². The molecular weight excluding hydrogens is 226 g/mol. The van der Waals surface area contributed by atoms with Gasteiger partial charge in [-0.2, -0.15) is 5.26 Å². The third-order valence-electron chi connectivity index (χ3n) is 3.69. The van der Waals surface area contributed by atoms with E-state index in [-0.39, 0.29) is 17.9 Å². The van der Waals surface area contributed by atoms with Crippen molar-refractivity contribution in [3.8, 4) is 6.07 Å². The Labute approximate surface area is 111 Å². The van der Waals surface area contributed by atoms with Gasteiger partial charge >= 0.3 is 0 Å². The highest BCUT2D eigenvalue weighted by atomic mass is 16.2. The van der Waals surface area contributed by atoms with Crippen LogP contribution in [0.25, 0.3) is 0 Å². The number of hydrogen-bond acceptors (Lipinski definition) is 3. The largest absolute Gasteiger partial charge is 0.342 e. The number of rotatable bonds is 3. The van der Waals surface area contributed by atoms with Crippen LogP contribution in [0.2, 0.25) is 0 Å². The van der Waals surface area contributed by atoms with Crippen LogP contribution < -0.4 is 0 Å². The highest BCUT2D eigenvalue weighted by Gasteiger charge is 2.31. The molecule has 0 aliphatic carbocycles. The second-order valence-electron chi connectivity index (χ2n) is 5.90. The predicted molar refractivity (Wildman–Crippen MR) is 72.0 cm³/mol. The molecule has 4 nitrogen and oxygen atoms in total. The van der Waals surface area contributed by atoms with Gasteiger partial charge in [0.05, 0.1) is 6.07 Å². The van der Waals surface area contributed by atoms with Crippen LogP contribution in [-0.2, 0) is 4.79 Å². The van der Waals surface area contributed by atoms with Gasteiger partial charge in [0.25, 0.3) is 0 Å². The molecule has 0 radical (unpaired) electrons. The first-order valence-corrected chi connectivity index (χ1v) is 6.81. The second kappa shape index (κ2) is 6.19. The Morgan fingerprint density at radius 2 is 1.94 bits per heavy atom. The molecule has 0 unspecified atom stereocenters. The Bertz CT molecular complexity index is 319. The maximum Gasteiger partial charge on any atom is 0.236 e. The average molecular weight is 251 g/mol. The highest BCUT2D eigenvalue weighted by molar-refractivity contribution is 5.78. The van der Waals surface area contributed by atoms with E-state index in [4.69, 9.17) is 5.26 Å². The van der Waals surface area contributed by atoms with E-state index >= 15 is 0 Å². The zero-order valence-electron chi connectivity index (χ0n) is 12.1. The molecule has 0 saturated carbocycles. The second-order valence-corrected chi connectivity index (χ2v) is 5.90. The first kappa shape index (κ1) is 15.0. The predicted octanol–water partition coefficient (Wildman–Crippen LogP) is 2.01. The van der Waals surface area contributed by atoms with E-state index in [1.807, 2.05) is 11.0 Å². The highest BCUT2D eigenvalue weighted by Crippen LogP contribution is 2.24. The molecule has 0 N–H and O–H groups in total. The number of nitrogens with zero attached hydrogens (tertiary/aromatic N) is 3.